The van der Waals surface area contributed by atoms with Crippen molar-refractivity contribution in [1.29, 1.82) is 0 Å². The van der Waals surface area contributed by atoms with Gasteiger partial charge in [-0.25, -0.2) is 5.48 Å². The molecule has 0 spiro atoms. The quantitative estimate of drug-likeness (QED) is 0.725. The minimum absolute atomic E-state index is 0.198. The van der Waals surface area contributed by atoms with Crippen molar-refractivity contribution in [2.24, 2.45) is 11.8 Å². The molecule has 1 aromatic carbocycles. The number of hydrogen-bond acceptors (Lipinski definition) is 3. The van der Waals surface area contributed by atoms with Crippen molar-refractivity contribution in [2.45, 2.75) is 40.2 Å². The lowest BCUT2D eigenvalue weighted by Crippen LogP contribution is -2.42. The van der Waals surface area contributed by atoms with Gasteiger partial charge in [0.25, 0.3) is 11.8 Å². The second-order valence-corrected chi connectivity index (χ2v) is 6.17. The summed E-state index contributed by atoms with van der Waals surface area (Å²) in [6, 6.07) is 8.76. The number of hydroxylamine groups is 1. The minimum Gasteiger partial charge on any atom is -0.354 e. The van der Waals surface area contributed by atoms with Crippen molar-refractivity contribution in [3.63, 3.8) is 0 Å². The van der Waals surface area contributed by atoms with Gasteiger partial charge in [-0.2, -0.15) is 0 Å². The van der Waals surface area contributed by atoms with Gasteiger partial charge in [0, 0.05) is 12.1 Å². The molecule has 1 rings (SSSR count). The van der Waals surface area contributed by atoms with Crippen LogP contribution in [0.15, 0.2) is 30.3 Å². The lowest BCUT2D eigenvalue weighted by molar-refractivity contribution is -0.137. The Balaban J connectivity index is 2.57. The average Bonchev–Trinajstić information content (AvgIpc) is 2.49. The van der Waals surface area contributed by atoms with Crippen LogP contribution < -0.4 is 10.8 Å². The van der Waals surface area contributed by atoms with E-state index in [1.165, 1.54) is 0 Å². The summed E-state index contributed by atoms with van der Waals surface area (Å²) in [5, 5.41) is 2.84. The van der Waals surface area contributed by atoms with E-state index in [1.54, 1.807) is 24.3 Å². The second-order valence-electron chi connectivity index (χ2n) is 6.17. The zero-order chi connectivity index (χ0) is 16.5. The van der Waals surface area contributed by atoms with Crippen LogP contribution in [0.1, 0.15) is 44.5 Å². The number of benzene rings is 1. The first-order valence-electron chi connectivity index (χ1n) is 7.69. The molecule has 0 radical (unpaired) electrons. The van der Waals surface area contributed by atoms with Gasteiger partial charge in [0.1, 0.15) is 0 Å². The lowest BCUT2D eigenvalue weighted by atomic mass is 10.1. The Morgan fingerprint density at radius 1 is 1.05 bits per heavy atom. The predicted molar refractivity (Wildman–Crippen MR) is 86.1 cm³/mol. The van der Waals surface area contributed by atoms with Gasteiger partial charge in [-0.1, -0.05) is 45.9 Å². The van der Waals surface area contributed by atoms with Gasteiger partial charge < -0.3 is 5.32 Å². The van der Waals surface area contributed by atoms with Crippen molar-refractivity contribution >= 4 is 11.8 Å². The summed E-state index contributed by atoms with van der Waals surface area (Å²) in [6.45, 7) is 8.64. The zero-order valence-electron chi connectivity index (χ0n) is 13.8. The highest BCUT2D eigenvalue weighted by Gasteiger charge is 2.22. The van der Waals surface area contributed by atoms with Crippen LogP contribution in [-0.4, -0.2) is 24.5 Å². The molecule has 0 bridgehead atoms. The summed E-state index contributed by atoms with van der Waals surface area (Å²) in [4.78, 5) is 29.5. The molecule has 5 heteroatoms. The summed E-state index contributed by atoms with van der Waals surface area (Å²) in [7, 11) is 0. The Hall–Kier alpha value is -1.88. The molecule has 5 nitrogen and oxygen atoms in total. The Kier molecular flexibility index (Phi) is 7.60. The van der Waals surface area contributed by atoms with Crippen molar-refractivity contribution < 1.29 is 14.4 Å². The van der Waals surface area contributed by atoms with Gasteiger partial charge in [0.15, 0.2) is 6.10 Å². The Bertz CT molecular complexity index is 472. The molecule has 1 aromatic rings. The molecule has 0 saturated carbocycles. The van der Waals surface area contributed by atoms with E-state index in [9.17, 15) is 9.59 Å². The maximum Gasteiger partial charge on any atom is 0.274 e. The van der Waals surface area contributed by atoms with E-state index in [0.717, 1.165) is 0 Å². The normalized spacial score (nSPS) is 12.3. The molecule has 0 aromatic heterocycles. The number of nitrogens with one attached hydrogen (secondary N) is 2. The van der Waals surface area contributed by atoms with Gasteiger partial charge in [-0.3, -0.25) is 14.4 Å². The fourth-order valence-electron chi connectivity index (χ4n) is 1.83. The van der Waals surface area contributed by atoms with Crippen LogP contribution in [0.25, 0.3) is 0 Å². The van der Waals surface area contributed by atoms with Crippen LogP contribution in [0.4, 0.5) is 0 Å². The zero-order valence-corrected chi connectivity index (χ0v) is 13.8. The largest absolute Gasteiger partial charge is 0.354 e. The molecule has 0 aliphatic rings. The van der Waals surface area contributed by atoms with Gasteiger partial charge in [0.05, 0.1) is 0 Å². The molecule has 2 N–H and O–H groups in total. The summed E-state index contributed by atoms with van der Waals surface area (Å²) >= 11 is 0. The molecule has 2 amide bonds. The van der Waals surface area contributed by atoms with E-state index in [0.29, 0.717) is 24.4 Å². The molecule has 122 valence electrons. The van der Waals surface area contributed by atoms with E-state index in [2.05, 4.69) is 10.8 Å². The van der Waals surface area contributed by atoms with Crippen LogP contribution in [0.3, 0.4) is 0 Å². The van der Waals surface area contributed by atoms with E-state index < -0.39 is 6.10 Å². The Morgan fingerprint density at radius 3 is 2.23 bits per heavy atom. The SMILES string of the molecule is CC(C)CNC(=O)[C@@H](CC(C)C)ONC(=O)c1ccccc1. The second kappa shape index (κ2) is 9.20. The first-order valence-corrected chi connectivity index (χ1v) is 7.69. The van der Waals surface area contributed by atoms with Gasteiger partial charge in [-0.05, 0) is 30.4 Å². The molecule has 1 atom stereocenters. The molecule has 0 aliphatic heterocycles. The fraction of sp³-hybridized carbons (Fsp3) is 0.529. The Morgan fingerprint density at radius 2 is 1.68 bits per heavy atom. The summed E-state index contributed by atoms with van der Waals surface area (Å²) in [6.07, 6.45) is -0.148. The van der Waals surface area contributed by atoms with Gasteiger partial charge >= 0.3 is 0 Å². The van der Waals surface area contributed by atoms with Crippen LogP contribution >= 0.6 is 0 Å². The smallest absolute Gasteiger partial charge is 0.274 e. The van der Waals surface area contributed by atoms with Gasteiger partial charge in [0.2, 0.25) is 0 Å². The first-order chi connectivity index (χ1) is 10.4. The molecule has 0 unspecified atom stereocenters. The van der Waals surface area contributed by atoms with Crippen molar-refractivity contribution in [3.8, 4) is 0 Å². The van der Waals surface area contributed by atoms with Crippen LogP contribution in [-0.2, 0) is 9.63 Å². The number of hydrogen-bond donors (Lipinski definition) is 2. The Labute approximate surface area is 132 Å². The highest BCUT2D eigenvalue weighted by Crippen LogP contribution is 2.08. The molecule has 22 heavy (non-hydrogen) atoms. The molecule has 0 fully saturated rings. The highest BCUT2D eigenvalue weighted by molar-refractivity contribution is 5.93. The molecular formula is C17H26N2O3. The average molecular weight is 306 g/mol. The topological polar surface area (TPSA) is 67.4 Å². The van der Waals surface area contributed by atoms with Crippen molar-refractivity contribution in [3.05, 3.63) is 35.9 Å². The maximum absolute atomic E-state index is 12.1. The summed E-state index contributed by atoms with van der Waals surface area (Å²) in [5.74, 6) is 0.0905. The molecule has 0 heterocycles. The summed E-state index contributed by atoms with van der Waals surface area (Å²) < 4.78 is 0. The van der Waals surface area contributed by atoms with E-state index in [1.807, 2.05) is 33.8 Å². The van der Waals surface area contributed by atoms with Crippen molar-refractivity contribution in [2.75, 3.05) is 6.54 Å². The van der Waals surface area contributed by atoms with Crippen molar-refractivity contribution in [1.82, 2.24) is 10.8 Å². The maximum atomic E-state index is 12.1. The predicted octanol–water partition coefficient (Wildman–Crippen LogP) is 2.53. The minimum atomic E-state index is -0.689. The number of carbonyl (C=O) groups excluding carboxylic acids is 2. The highest BCUT2D eigenvalue weighted by atomic mass is 16.7. The number of carbonyl (C=O) groups is 2. The van der Waals surface area contributed by atoms with E-state index >= 15 is 0 Å². The summed E-state index contributed by atoms with van der Waals surface area (Å²) in [5.41, 5.74) is 2.87. The monoisotopic (exact) mass is 306 g/mol. The number of rotatable bonds is 8. The fourth-order valence-corrected chi connectivity index (χ4v) is 1.83. The third kappa shape index (κ3) is 6.72. The third-order valence-electron chi connectivity index (χ3n) is 2.99. The van der Waals surface area contributed by atoms with E-state index in [4.69, 9.17) is 4.84 Å². The number of amides is 2. The van der Waals surface area contributed by atoms with E-state index in [-0.39, 0.29) is 17.7 Å². The third-order valence-corrected chi connectivity index (χ3v) is 2.99. The molecular weight excluding hydrogens is 280 g/mol. The first kappa shape index (κ1) is 18.2. The van der Waals surface area contributed by atoms with Crippen LogP contribution in [0.2, 0.25) is 0 Å². The molecule has 0 aliphatic carbocycles. The van der Waals surface area contributed by atoms with Gasteiger partial charge in [-0.15, -0.1) is 0 Å². The lowest BCUT2D eigenvalue weighted by Gasteiger charge is -2.19. The molecule has 0 saturated heterocycles. The standard InChI is InChI=1S/C17H26N2O3/c1-12(2)10-15(17(21)18-11-13(3)4)22-19-16(20)14-8-6-5-7-9-14/h5-9,12-13,15H,10-11H2,1-4H3,(H,18,21)(H,19,20)/t15-/m1/s1. The van der Waals surface area contributed by atoms with Crippen LogP contribution in [0, 0.1) is 11.8 Å². The van der Waals surface area contributed by atoms with Crippen LogP contribution in [0.5, 0.6) is 0 Å².